The van der Waals surface area contributed by atoms with Crippen molar-refractivity contribution in [3.05, 3.63) is 49.6 Å². The van der Waals surface area contributed by atoms with Crippen LogP contribution in [-0.4, -0.2) is 6.61 Å². The highest BCUT2D eigenvalue weighted by molar-refractivity contribution is 9.11. The molecule has 2 nitrogen and oxygen atoms in total. The van der Waals surface area contributed by atoms with Crippen molar-refractivity contribution in [2.24, 2.45) is 5.73 Å². The highest BCUT2D eigenvalue weighted by atomic mass is 79.9. The second-order valence-corrected chi connectivity index (χ2v) is 6.53. The fourth-order valence-electron chi connectivity index (χ4n) is 1.69. The summed E-state index contributed by atoms with van der Waals surface area (Å²) in [7, 11) is 0. The van der Waals surface area contributed by atoms with Crippen LogP contribution in [0.2, 0.25) is 5.02 Å². The maximum absolute atomic E-state index is 6.28. The molecule has 18 heavy (non-hydrogen) atoms. The minimum absolute atomic E-state index is 0.221. The second-order valence-electron chi connectivity index (χ2n) is 3.72. The van der Waals surface area contributed by atoms with Gasteiger partial charge in [0.15, 0.2) is 0 Å². The topological polar surface area (TPSA) is 35.2 Å². The number of ether oxygens (including phenoxy) is 1. The van der Waals surface area contributed by atoms with Crippen LogP contribution < -0.4 is 10.5 Å². The lowest BCUT2D eigenvalue weighted by Crippen LogP contribution is -2.12. The third-order valence-electron chi connectivity index (χ3n) is 2.52. The van der Waals surface area contributed by atoms with Gasteiger partial charge in [-0.05, 0) is 35.0 Å². The Morgan fingerprint density at radius 2 is 2.17 bits per heavy atom. The van der Waals surface area contributed by atoms with Gasteiger partial charge in [0, 0.05) is 10.4 Å². The van der Waals surface area contributed by atoms with Crippen molar-refractivity contribution < 1.29 is 4.74 Å². The molecule has 0 spiro atoms. The van der Waals surface area contributed by atoms with E-state index in [4.69, 9.17) is 22.1 Å². The van der Waals surface area contributed by atoms with Crippen molar-refractivity contribution in [1.29, 1.82) is 0 Å². The Bertz CT molecular complexity index is 524. The number of rotatable bonds is 4. The smallest absolute Gasteiger partial charge is 0.124 e. The summed E-state index contributed by atoms with van der Waals surface area (Å²) >= 11 is 11.0. The standard InChI is InChI=1S/C13H13BrClNOS/c1-2-17-10-6-4-3-5-8(10)12(16)11-7-9(15)13(14)18-11/h3-7,12H,2,16H2,1H3. The van der Waals surface area contributed by atoms with Gasteiger partial charge in [-0.3, -0.25) is 0 Å². The van der Waals surface area contributed by atoms with Gasteiger partial charge < -0.3 is 10.5 Å². The van der Waals surface area contributed by atoms with Crippen molar-refractivity contribution >= 4 is 38.9 Å². The minimum atomic E-state index is -0.221. The molecule has 0 radical (unpaired) electrons. The van der Waals surface area contributed by atoms with Gasteiger partial charge >= 0.3 is 0 Å². The molecule has 0 saturated heterocycles. The summed E-state index contributed by atoms with van der Waals surface area (Å²) in [4.78, 5) is 1.01. The first-order valence-electron chi connectivity index (χ1n) is 5.55. The average molecular weight is 347 g/mol. The van der Waals surface area contributed by atoms with E-state index in [-0.39, 0.29) is 6.04 Å². The lowest BCUT2D eigenvalue weighted by atomic mass is 10.1. The Morgan fingerprint density at radius 1 is 1.44 bits per heavy atom. The van der Waals surface area contributed by atoms with E-state index < -0.39 is 0 Å². The van der Waals surface area contributed by atoms with Crippen molar-refractivity contribution in [3.8, 4) is 5.75 Å². The van der Waals surface area contributed by atoms with E-state index >= 15 is 0 Å². The van der Waals surface area contributed by atoms with Crippen molar-refractivity contribution in [1.82, 2.24) is 0 Å². The fraction of sp³-hybridized carbons (Fsp3) is 0.231. The van der Waals surface area contributed by atoms with Gasteiger partial charge in [-0.1, -0.05) is 29.8 Å². The summed E-state index contributed by atoms with van der Waals surface area (Å²) in [5.74, 6) is 0.827. The summed E-state index contributed by atoms with van der Waals surface area (Å²) in [6, 6.07) is 9.49. The Balaban J connectivity index is 2.36. The van der Waals surface area contributed by atoms with E-state index in [2.05, 4.69) is 15.9 Å². The van der Waals surface area contributed by atoms with Crippen molar-refractivity contribution in [3.63, 3.8) is 0 Å². The first-order chi connectivity index (χ1) is 8.63. The highest BCUT2D eigenvalue weighted by Gasteiger charge is 2.17. The predicted molar refractivity (Wildman–Crippen MR) is 80.7 cm³/mol. The molecule has 1 aromatic carbocycles. The molecule has 5 heteroatoms. The number of nitrogens with two attached hydrogens (primary N) is 1. The molecule has 0 bridgehead atoms. The molecular weight excluding hydrogens is 334 g/mol. The average Bonchev–Trinajstić information content (AvgIpc) is 2.70. The molecule has 0 saturated carbocycles. The van der Waals surface area contributed by atoms with Crippen LogP contribution in [0.3, 0.4) is 0 Å². The number of para-hydroxylation sites is 1. The first-order valence-corrected chi connectivity index (χ1v) is 7.54. The summed E-state index contributed by atoms with van der Waals surface area (Å²) in [6.07, 6.45) is 0. The van der Waals surface area contributed by atoms with E-state index in [0.29, 0.717) is 11.6 Å². The van der Waals surface area contributed by atoms with Gasteiger partial charge in [0.05, 0.1) is 21.5 Å². The van der Waals surface area contributed by atoms with Gasteiger partial charge in [-0.15, -0.1) is 11.3 Å². The highest BCUT2D eigenvalue weighted by Crippen LogP contribution is 2.38. The molecule has 1 unspecified atom stereocenters. The maximum atomic E-state index is 6.28. The summed E-state index contributed by atoms with van der Waals surface area (Å²) in [6.45, 7) is 2.58. The van der Waals surface area contributed by atoms with Crippen LogP contribution in [0.1, 0.15) is 23.4 Å². The van der Waals surface area contributed by atoms with E-state index in [1.807, 2.05) is 37.3 Å². The lowest BCUT2D eigenvalue weighted by Gasteiger charge is -2.15. The fourth-order valence-corrected chi connectivity index (χ4v) is 3.46. The Labute approximate surface area is 124 Å². The number of halogens is 2. The molecule has 1 heterocycles. The van der Waals surface area contributed by atoms with Gasteiger partial charge in [0.2, 0.25) is 0 Å². The van der Waals surface area contributed by atoms with E-state index in [1.165, 1.54) is 0 Å². The van der Waals surface area contributed by atoms with Crippen LogP contribution in [0.4, 0.5) is 0 Å². The summed E-state index contributed by atoms with van der Waals surface area (Å²) in [5, 5.41) is 0.694. The van der Waals surface area contributed by atoms with E-state index in [0.717, 1.165) is 20.0 Å². The molecule has 96 valence electrons. The normalized spacial score (nSPS) is 12.4. The molecule has 0 aliphatic rings. The lowest BCUT2D eigenvalue weighted by molar-refractivity contribution is 0.335. The predicted octanol–water partition coefficient (Wildman–Crippen LogP) is 4.61. The van der Waals surface area contributed by atoms with Gasteiger partial charge in [0.25, 0.3) is 0 Å². The SMILES string of the molecule is CCOc1ccccc1C(N)c1cc(Cl)c(Br)s1. The first kappa shape index (κ1) is 13.9. The van der Waals surface area contributed by atoms with Crippen LogP contribution >= 0.6 is 38.9 Å². The van der Waals surface area contributed by atoms with Crippen LogP contribution in [-0.2, 0) is 0 Å². The van der Waals surface area contributed by atoms with Gasteiger partial charge in [-0.25, -0.2) is 0 Å². The number of hydrogen-bond acceptors (Lipinski definition) is 3. The third kappa shape index (κ3) is 2.88. The molecule has 0 fully saturated rings. The zero-order valence-corrected chi connectivity index (χ0v) is 13.0. The molecule has 0 aliphatic heterocycles. The molecule has 0 aliphatic carbocycles. The van der Waals surface area contributed by atoms with Crippen LogP contribution in [0.15, 0.2) is 34.1 Å². The van der Waals surface area contributed by atoms with Crippen molar-refractivity contribution in [2.75, 3.05) is 6.61 Å². The molecule has 2 N–H and O–H groups in total. The Kier molecular flexibility index (Phi) is 4.67. The zero-order valence-electron chi connectivity index (χ0n) is 9.82. The molecule has 1 aromatic heterocycles. The van der Waals surface area contributed by atoms with E-state index in [9.17, 15) is 0 Å². The zero-order chi connectivity index (χ0) is 13.1. The molecule has 2 aromatic rings. The van der Waals surface area contributed by atoms with Gasteiger partial charge in [0.1, 0.15) is 5.75 Å². The molecule has 2 rings (SSSR count). The molecular formula is C13H13BrClNOS. The Hall–Kier alpha value is -0.550. The summed E-state index contributed by atoms with van der Waals surface area (Å²) in [5.41, 5.74) is 7.26. The number of hydrogen-bond donors (Lipinski definition) is 1. The van der Waals surface area contributed by atoms with Crippen LogP contribution in [0, 0.1) is 0 Å². The molecule has 0 amide bonds. The van der Waals surface area contributed by atoms with Crippen LogP contribution in [0.25, 0.3) is 0 Å². The largest absolute Gasteiger partial charge is 0.494 e. The van der Waals surface area contributed by atoms with Gasteiger partial charge in [-0.2, -0.15) is 0 Å². The Morgan fingerprint density at radius 3 is 2.78 bits per heavy atom. The van der Waals surface area contributed by atoms with Crippen LogP contribution in [0.5, 0.6) is 5.75 Å². The molecule has 1 atom stereocenters. The second kappa shape index (κ2) is 6.06. The monoisotopic (exact) mass is 345 g/mol. The number of benzene rings is 1. The van der Waals surface area contributed by atoms with E-state index in [1.54, 1.807) is 11.3 Å². The van der Waals surface area contributed by atoms with Crippen molar-refractivity contribution in [2.45, 2.75) is 13.0 Å². The quantitative estimate of drug-likeness (QED) is 0.877. The third-order valence-corrected chi connectivity index (χ3v) is 5.08. The summed E-state index contributed by atoms with van der Waals surface area (Å²) < 4.78 is 6.50. The number of thiophene rings is 1. The minimum Gasteiger partial charge on any atom is -0.494 e. The maximum Gasteiger partial charge on any atom is 0.124 e.